The van der Waals surface area contributed by atoms with E-state index in [1.807, 2.05) is 37.5 Å². The fraction of sp³-hybridized carbons (Fsp3) is 0.345. The van der Waals surface area contributed by atoms with Gasteiger partial charge in [-0.25, -0.2) is 0 Å². The molecule has 2 aromatic carbocycles. The zero-order chi connectivity index (χ0) is 23.7. The second-order valence-electron chi connectivity index (χ2n) is 9.42. The van der Waals surface area contributed by atoms with E-state index in [1.165, 1.54) is 19.5 Å². The van der Waals surface area contributed by atoms with Crippen molar-refractivity contribution >= 4 is 11.1 Å². The highest BCUT2D eigenvalue weighted by Gasteiger charge is 2.30. The van der Waals surface area contributed by atoms with Gasteiger partial charge in [0.1, 0.15) is 30.0 Å². The third-order valence-corrected chi connectivity index (χ3v) is 6.93. The molecule has 1 unspecified atom stereocenters. The Hall–Kier alpha value is -3.31. The molecule has 1 atom stereocenters. The number of phenols is 1. The van der Waals surface area contributed by atoms with Crippen LogP contribution in [0.25, 0.3) is 11.1 Å². The summed E-state index contributed by atoms with van der Waals surface area (Å²) < 4.78 is 12.5. The summed E-state index contributed by atoms with van der Waals surface area (Å²) in [6, 6.07) is 15.6. The van der Waals surface area contributed by atoms with Crippen molar-refractivity contribution < 1.29 is 14.6 Å². The lowest BCUT2D eigenvalue weighted by Crippen LogP contribution is -2.47. The fourth-order valence-corrected chi connectivity index (χ4v) is 4.90. The van der Waals surface area contributed by atoms with Gasteiger partial charge in [-0.2, -0.15) is 0 Å². The minimum atomic E-state index is -0.276. The molecule has 2 aliphatic rings. The largest absolute Gasteiger partial charge is 0.508 e. The second kappa shape index (κ2) is 9.51. The molecule has 5 nitrogen and oxygen atoms in total. The van der Waals surface area contributed by atoms with E-state index in [2.05, 4.69) is 41.9 Å². The number of ether oxygens (including phenoxy) is 2. The molecule has 3 heterocycles. The summed E-state index contributed by atoms with van der Waals surface area (Å²) in [5, 5.41) is 10.1. The van der Waals surface area contributed by atoms with Crippen LogP contribution in [0.1, 0.15) is 48.6 Å². The molecule has 0 aliphatic carbocycles. The number of nitrogens with zero attached hydrogens (tertiary/aromatic N) is 2. The maximum atomic E-state index is 10.1. The smallest absolute Gasteiger partial charge is 0.150 e. The number of rotatable bonds is 7. The Morgan fingerprint density at radius 3 is 2.59 bits per heavy atom. The summed E-state index contributed by atoms with van der Waals surface area (Å²) in [4.78, 5) is 6.86. The minimum Gasteiger partial charge on any atom is -0.508 e. The molecule has 0 amide bonds. The monoisotopic (exact) mass is 456 g/mol. The third-order valence-electron chi connectivity index (χ3n) is 6.93. The number of hydrogen-bond donors (Lipinski definition) is 1. The zero-order valence-corrected chi connectivity index (χ0v) is 20.1. The molecule has 0 saturated carbocycles. The maximum absolute atomic E-state index is 10.1. The van der Waals surface area contributed by atoms with Crippen molar-refractivity contribution in [2.24, 2.45) is 5.92 Å². The van der Waals surface area contributed by atoms with Crippen LogP contribution in [0.2, 0.25) is 0 Å². The van der Waals surface area contributed by atoms with Crippen LogP contribution in [-0.4, -0.2) is 41.2 Å². The SMILES string of the molecule is CCC1CN(CCOc2ccc(C3Oc4ccc(O)cc4C(C)=C3c3cncc(C)c3)cc2)C1. The number of hydrogen-bond acceptors (Lipinski definition) is 5. The van der Waals surface area contributed by atoms with Gasteiger partial charge in [-0.1, -0.05) is 25.5 Å². The molecule has 1 N–H and O–H groups in total. The van der Waals surface area contributed by atoms with Crippen LogP contribution in [0.15, 0.2) is 60.9 Å². The van der Waals surface area contributed by atoms with Gasteiger partial charge in [0.25, 0.3) is 0 Å². The molecule has 1 fully saturated rings. The van der Waals surface area contributed by atoms with Crippen molar-refractivity contribution in [2.45, 2.75) is 33.3 Å². The van der Waals surface area contributed by atoms with Gasteiger partial charge >= 0.3 is 0 Å². The van der Waals surface area contributed by atoms with E-state index >= 15 is 0 Å². The van der Waals surface area contributed by atoms with Crippen LogP contribution in [0.5, 0.6) is 17.2 Å². The number of benzene rings is 2. The minimum absolute atomic E-state index is 0.229. The molecule has 5 heteroatoms. The van der Waals surface area contributed by atoms with Gasteiger partial charge in [0.05, 0.1) is 0 Å². The first-order valence-electron chi connectivity index (χ1n) is 12.1. The van der Waals surface area contributed by atoms with Crippen molar-refractivity contribution in [1.29, 1.82) is 0 Å². The van der Waals surface area contributed by atoms with Gasteiger partial charge in [-0.3, -0.25) is 9.88 Å². The normalized spacial score (nSPS) is 18.3. The Kier molecular flexibility index (Phi) is 6.29. The van der Waals surface area contributed by atoms with E-state index in [9.17, 15) is 5.11 Å². The van der Waals surface area contributed by atoms with Crippen LogP contribution >= 0.6 is 0 Å². The van der Waals surface area contributed by atoms with Crippen molar-refractivity contribution in [2.75, 3.05) is 26.2 Å². The second-order valence-corrected chi connectivity index (χ2v) is 9.42. The highest BCUT2D eigenvalue weighted by molar-refractivity contribution is 5.95. The van der Waals surface area contributed by atoms with E-state index in [1.54, 1.807) is 12.1 Å². The predicted molar refractivity (Wildman–Crippen MR) is 135 cm³/mol. The molecule has 176 valence electrons. The van der Waals surface area contributed by atoms with Gasteiger partial charge in [-0.15, -0.1) is 0 Å². The van der Waals surface area contributed by atoms with Crippen LogP contribution in [0.4, 0.5) is 0 Å². The molecule has 1 aromatic heterocycles. The molecule has 0 spiro atoms. The molecule has 0 bridgehead atoms. The number of allylic oxidation sites excluding steroid dienone is 1. The molecular formula is C29H32N2O3. The first kappa shape index (κ1) is 22.5. The van der Waals surface area contributed by atoms with Crippen LogP contribution in [-0.2, 0) is 0 Å². The number of aryl methyl sites for hydroxylation is 1. The van der Waals surface area contributed by atoms with E-state index in [0.29, 0.717) is 6.61 Å². The molecule has 2 aliphatic heterocycles. The molecular weight excluding hydrogens is 424 g/mol. The first-order valence-corrected chi connectivity index (χ1v) is 12.1. The quantitative estimate of drug-likeness (QED) is 0.481. The number of aromatic hydroxyl groups is 1. The number of fused-ring (bicyclic) bond motifs is 1. The Balaban J connectivity index is 1.38. The lowest BCUT2D eigenvalue weighted by molar-refractivity contribution is 0.0806. The van der Waals surface area contributed by atoms with Gasteiger partial charge in [0.2, 0.25) is 0 Å². The summed E-state index contributed by atoms with van der Waals surface area (Å²) in [7, 11) is 0. The standard InChI is InChI=1S/C29H32N2O3/c1-4-21-17-31(18-21)11-12-33-25-8-5-22(6-9-25)29-28(23-13-19(2)15-30-16-23)20(3)26-14-24(32)7-10-27(26)34-29/h5-10,13-16,21,29,32H,4,11-12,17-18H2,1-3H3. The van der Waals surface area contributed by atoms with E-state index in [4.69, 9.17) is 9.47 Å². The Morgan fingerprint density at radius 1 is 1.06 bits per heavy atom. The molecule has 34 heavy (non-hydrogen) atoms. The van der Waals surface area contributed by atoms with Gasteiger partial charge in [0.15, 0.2) is 0 Å². The topological polar surface area (TPSA) is 54.8 Å². The van der Waals surface area contributed by atoms with Crippen LogP contribution in [0, 0.1) is 12.8 Å². The van der Waals surface area contributed by atoms with Crippen LogP contribution in [0.3, 0.4) is 0 Å². The highest BCUT2D eigenvalue weighted by atomic mass is 16.5. The molecule has 3 aromatic rings. The van der Waals surface area contributed by atoms with Gasteiger partial charge in [0, 0.05) is 48.7 Å². The van der Waals surface area contributed by atoms with Crippen molar-refractivity contribution in [3.8, 4) is 17.2 Å². The van der Waals surface area contributed by atoms with Gasteiger partial charge < -0.3 is 14.6 Å². The summed E-state index contributed by atoms with van der Waals surface area (Å²) in [5.74, 6) is 2.73. The summed E-state index contributed by atoms with van der Waals surface area (Å²) in [5.41, 5.74) is 6.21. The Morgan fingerprint density at radius 2 is 1.85 bits per heavy atom. The van der Waals surface area contributed by atoms with E-state index < -0.39 is 0 Å². The summed E-state index contributed by atoms with van der Waals surface area (Å²) in [6.45, 7) is 10.4. The Bertz CT molecular complexity index is 1200. The fourth-order valence-electron chi connectivity index (χ4n) is 4.90. The molecule has 5 rings (SSSR count). The number of aromatic nitrogens is 1. The average Bonchev–Trinajstić information content (AvgIpc) is 2.81. The first-order chi connectivity index (χ1) is 16.5. The summed E-state index contributed by atoms with van der Waals surface area (Å²) >= 11 is 0. The lowest BCUT2D eigenvalue weighted by atomic mass is 9.86. The number of likely N-dealkylation sites (tertiary alicyclic amines) is 1. The van der Waals surface area contributed by atoms with E-state index in [0.717, 1.165) is 57.4 Å². The van der Waals surface area contributed by atoms with Crippen molar-refractivity contribution in [3.05, 3.63) is 83.2 Å². The van der Waals surface area contributed by atoms with Crippen molar-refractivity contribution in [3.63, 3.8) is 0 Å². The average molecular weight is 457 g/mol. The van der Waals surface area contributed by atoms with Gasteiger partial charge in [-0.05, 0) is 72.9 Å². The highest BCUT2D eigenvalue weighted by Crippen LogP contribution is 2.47. The van der Waals surface area contributed by atoms with Crippen LogP contribution < -0.4 is 9.47 Å². The van der Waals surface area contributed by atoms with E-state index in [-0.39, 0.29) is 11.9 Å². The summed E-state index contributed by atoms with van der Waals surface area (Å²) in [6.07, 6.45) is 4.72. The predicted octanol–water partition coefficient (Wildman–Crippen LogP) is 5.88. The lowest BCUT2D eigenvalue weighted by Gasteiger charge is -2.38. The molecule has 1 saturated heterocycles. The number of pyridine rings is 1. The number of phenolic OH excluding ortho intramolecular Hbond substituents is 1. The Labute approximate surface area is 201 Å². The van der Waals surface area contributed by atoms with Crippen molar-refractivity contribution in [1.82, 2.24) is 9.88 Å². The molecule has 0 radical (unpaired) electrons. The maximum Gasteiger partial charge on any atom is 0.150 e. The third kappa shape index (κ3) is 4.53. The zero-order valence-electron chi connectivity index (χ0n) is 20.1.